The van der Waals surface area contributed by atoms with Gasteiger partial charge in [0.2, 0.25) is 0 Å². The second-order valence-corrected chi connectivity index (χ2v) is 4.89. The minimum absolute atomic E-state index is 0.770. The van der Waals surface area contributed by atoms with E-state index in [1.807, 2.05) is 17.8 Å². The lowest BCUT2D eigenvalue weighted by Crippen LogP contribution is -2.35. The molecule has 0 saturated heterocycles. The van der Waals surface area contributed by atoms with Crippen molar-refractivity contribution in [3.8, 4) is 0 Å². The van der Waals surface area contributed by atoms with Crippen molar-refractivity contribution >= 4 is 11.8 Å². The van der Waals surface area contributed by atoms with Crippen LogP contribution >= 0.6 is 11.8 Å². The van der Waals surface area contributed by atoms with Gasteiger partial charge in [-0.2, -0.15) is 11.8 Å². The maximum Gasteiger partial charge on any atom is 0.00777 e. The molecule has 1 fully saturated rings. The largest absolute Gasteiger partial charge is 0.314 e. The third-order valence-corrected chi connectivity index (χ3v) is 3.84. The van der Waals surface area contributed by atoms with Gasteiger partial charge < -0.3 is 5.32 Å². The molecular formula is C11H21NS. The summed E-state index contributed by atoms with van der Waals surface area (Å²) in [4.78, 5) is 0. The van der Waals surface area contributed by atoms with Crippen molar-refractivity contribution in [2.24, 2.45) is 0 Å². The highest BCUT2D eigenvalue weighted by molar-refractivity contribution is 7.99. The molecule has 13 heavy (non-hydrogen) atoms. The zero-order valence-electron chi connectivity index (χ0n) is 8.59. The Balaban J connectivity index is 2.14. The first kappa shape index (κ1) is 11.1. The van der Waals surface area contributed by atoms with Crippen LogP contribution in [-0.4, -0.2) is 24.1 Å². The minimum atomic E-state index is 0.770. The van der Waals surface area contributed by atoms with E-state index in [-0.39, 0.29) is 0 Å². The third-order valence-electron chi connectivity index (χ3n) is 2.74. The van der Waals surface area contributed by atoms with E-state index in [1.54, 1.807) is 0 Å². The molecule has 1 aliphatic carbocycles. The second-order valence-electron chi connectivity index (χ2n) is 3.75. The van der Waals surface area contributed by atoms with E-state index in [0.29, 0.717) is 0 Å². The number of rotatable bonds is 5. The van der Waals surface area contributed by atoms with E-state index in [1.165, 1.54) is 25.7 Å². The summed E-state index contributed by atoms with van der Waals surface area (Å²) in [7, 11) is 0. The zero-order valence-corrected chi connectivity index (χ0v) is 9.41. The summed E-state index contributed by atoms with van der Waals surface area (Å²) in [5.74, 6) is 0. The fraction of sp³-hybridized carbons (Fsp3) is 0.818. The average Bonchev–Trinajstić information content (AvgIpc) is 2.19. The van der Waals surface area contributed by atoms with E-state index in [2.05, 4.69) is 18.2 Å². The smallest absolute Gasteiger partial charge is 0.00777 e. The number of hydrogen-bond donors (Lipinski definition) is 1. The SMILES string of the molecule is C=CCCNC1CCCC(SC)C1. The molecule has 1 rings (SSSR count). The summed E-state index contributed by atoms with van der Waals surface area (Å²) in [6, 6.07) is 0.770. The van der Waals surface area contributed by atoms with Crippen molar-refractivity contribution < 1.29 is 0 Å². The van der Waals surface area contributed by atoms with Gasteiger partial charge in [0.1, 0.15) is 0 Å². The highest BCUT2D eigenvalue weighted by Gasteiger charge is 2.19. The Morgan fingerprint density at radius 2 is 2.38 bits per heavy atom. The van der Waals surface area contributed by atoms with Crippen molar-refractivity contribution in [2.75, 3.05) is 12.8 Å². The van der Waals surface area contributed by atoms with E-state index in [0.717, 1.165) is 24.3 Å². The van der Waals surface area contributed by atoms with Gasteiger partial charge in [-0.3, -0.25) is 0 Å². The lowest BCUT2D eigenvalue weighted by Gasteiger charge is -2.28. The first-order chi connectivity index (χ1) is 6.36. The summed E-state index contributed by atoms with van der Waals surface area (Å²) in [6.07, 6.45) is 10.9. The second kappa shape index (κ2) is 6.50. The molecule has 1 nitrogen and oxygen atoms in total. The van der Waals surface area contributed by atoms with Gasteiger partial charge in [0.15, 0.2) is 0 Å². The average molecular weight is 199 g/mol. The molecule has 2 atom stereocenters. The molecule has 0 aromatic rings. The van der Waals surface area contributed by atoms with Gasteiger partial charge in [-0.1, -0.05) is 12.5 Å². The lowest BCUT2D eigenvalue weighted by molar-refractivity contribution is 0.384. The van der Waals surface area contributed by atoms with Gasteiger partial charge in [-0.05, 0) is 38.5 Å². The van der Waals surface area contributed by atoms with Crippen LogP contribution in [0.3, 0.4) is 0 Å². The predicted octanol–water partition coefficient (Wildman–Crippen LogP) is 2.83. The quantitative estimate of drug-likeness (QED) is 0.540. The van der Waals surface area contributed by atoms with Gasteiger partial charge in [-0.25, -0.2) is 0 Å². The molecule has 0 amide bonds. The molecule has 2 unspecified atom stereocenters. The normalized spacial score (nSPS) is 28.7. The molecular weight excluding hydrogens is 178 g/mol. The number of thioether (sulfide) groups is 1. The summed E-state index contributed by atoms with van der Waals surface area (Å²) < 4.78 is 0. The Labute approximate surface area is 86.4 Å². The van der Waals surface area contributed by atoms with E-state index < -0.39 is 0 Å². The molecule has 0 aromatic carbocycles. The topological polar surface area (TPSA) is 12.0 Å². The van der Waals surface area contributed by atoms with Gasteiger partial charge in [0.05, 0.1) is 0 Å². The number of hydrogen-bond acceptors (Lipinski definition) is 2. The summed E-state index contributed by atoms with van der Waals surface area (Å²) in [5.41, 5.74) is 0. The van der Waals surface area contributed by atoms with Crippen LogP contribution in [0.25, 0.3) is 0 Å². The number of nitrogens with one attached hydrogen (secondary N) is 1. The Morgan fingerprint density at radius 1 is 1.54 bits per heavy atom. The Bertz CT molecular complexity index is 147. The molecule has 1 aliphatic rings. The minimum Gasteiger partial charge on any atom is -0.314 e. The Hall–Kier alpha value is 0.0500. The highest BCUT2D eigenvalue weighted by Crippen LogP contribution is 2.26. The van der Waals surface area contributed by atoms with Crippen LogP contribution in [0.1, 0.15) is 32.1 Å². The molecule has 0 aromatic heterocycles. The van der Waals surface area contributed by atoms with Crippen molar-refractivity contribution in [3.63, 3.8) is 0 Å². The molecule has 0 bridgehead atoms. The monoisotopic (exact) mass is 199 g/mol. The van der Waals surface area contributed by atoms with Gasteiger partial charge in [-0.15, -0.1) is 6.58 Å². The Kier molecular flexibility index (Phi) is 5.56. The predicted molar refractivity (Wildman–Crippen MR) is 62.4 cm³/mol. The maximum absolute atomic E-state index is 3.73. The van der Waals surface area contributed by atoms with E-state index in [4.69, 9.17) is 0 Å². The van der Waals surface area contributed by atoms with E-state index >= 15 is 0 Å². The van der Waals surface area contributed by atoms with Crippen molar-refractivity contribution in [1.82, 2.24) is 5.32 Å². The first-order valence-electron chi connectivity index (χ1n) is 5.24. The molecule has 2 heteroatoms. The molecule has 1 saturated carbocycles. The van der Waals surface area contributed by atoms with Crippen molar-refractivity contribution in [3.05, 3.63) is 12.7 Å². The summed E-state index contributed by atoms with van der Waals surface area (Å²) >= 11 is 2.03. The summed E-state index contributed by atoms with van der Waals surface area (Å²) in [5, 5.41) is 4.50. The molecule has 0 radical (unpaired) electrons. The third kappa shape index (κ3) is 4.19. The molecule has 1 N–H and O–H groups in total. The van der Waals surface area contributed by atoms with Crippen molar-refractivity contribution in [1.29, 1.82) is 0 Å². The first-order valence-corrected chi connectivity index (χ1v) is 6.52. The van der Waals surface area contributed by atoms with Gasteiger partial charge in [0.25, 0.3) is 0 Å². The molecule has 76 valence electrons. The van der Waals surface area contributed by atoms with E-state index in [9.17, 15) is 0 Å². The lowest BCUT2D eigenvalue weighted by atomic mass is 9.95. The summed E-state index contributed by atoms with van der Waals surface area (Å²) in [6.45, 7) is 4.84. The van der Waals surface area contributed by atoms with Crippen LogP contribution in [0, 0.1) is 0 Å². The van der Waals surface area contributed by atoms with Crippen LogP contribution in [0.4, 0.5) is 0 Å². The van der Waals surface area contributed by atoms with Crippen molar-refractivity contribution in [2.45, 2.75) is 43.4 Å². The van der Waals surface area contributed by atoms with Crippen LogP contribution in [-0.2, 0) is 0 Å². The van der Waals surface area contributed by atoms with Crippen LogP contribution < -0.4 is 5.32 Å². The molecule has 0 aliphatic heterocycles. The Morgan fingerprint density at radius 3 is 3.08 bits per heavy atom. The van der Waals surface area contributed by atoms with Crippen LogP contribution in [0.5, 0.6) is 0 Å². The standard InChI is InChI=1S/C11H21NS/c1-3-4-8-12-10-6-5-7-11(9-10)13-2/h3,10-12H,1,4-9H2,2H3. The van der Waals surface area contributed by atoms with Crippen LogP contribution in [0.2, 0.25) is 0 Å². The van der Waals surface area contributed by atoms with Gasteiger partial charge >= 0.3 is 0 Å². The fourth-order valence-electron chi connectivity index (χ4n) is 1.93. The fourth-order valence-corrected chi connectivity index (χ4v) is 2.76. The maximum atomic E-state index is 3.73. The highest BCUT2D eigenvalue weighted by atomic mass is 32.2. The molecule has 0 spiro atoms. The molecule has 0 heterocycles. The zero-order chi connectivity index (χ0) is 9.52. The van der Waals surface area contributed by atoms with Crippen LogP contribution in [0.15, 0.2) is 12.7 Å². The van der Waals surface area contributed by atoms with Gasteiger partial charge in [0, 0.05) is 11.3 Å².